The second-order valence-corrected chi connectivity index (χ2v) is 6.02. The maximum atomic E-state index is 12.5. The summed E-state index contributed by atoms with van der Waals surface area (Å²) < 4.78 is 5.11. The molecule has 0 unspecified atom stereocenters. The number of likely N-dealkylation sites (tertiary alicyclic amines) is 1. The number of carboxylic acid groups (broad SMARTS) is 1. The average Bonchev–Trinajstić information content (AvgIpc) is 3.12. The Morgan fingerprint density at radius 3 is 2.44 bits per heavy atom. The zero-order valence-corrected chi connectivity index (χ0v) is 13.7. The molecule has 2 aromatic rings. The number of nitrogens with one attached hydrogen (secondary N) is 1. The molecule has 0 saturated carbocycles. The van der Waals surface area contributed by atoms with Gasteiger partial charge < -0.3 is 19.8 Å². The molecule has 132 valence electrons. The summed E-state index contributed by atoms with van der Waals surface area (Å²) in [6.07, 6.45) is 0.0150. The number of piperidine rings is 1. The van der Waals surface area contributed by atoms with Crippen molar-refractivity contribution in [2.45, 2.75) is 18.4 Å². The zero-order chi connectivity index (χ0) is 18.0. The Balaban J connectivity index is 1.70. The van der Waals surface area contributed by atoms with Crippen LogP contribution in [0.3, 0.4) is 0 Å². The number of nitrogens with zero attached hydrogens (tertiary/aromatic N) is 2. The van der Waals surface area contributed by atoms with Gasteiger partial charge in [-0.3, -0.25) is 9.89 Å². The lowest BCUT2D eigenvalue weighted by atomic mass is 9.91. The van der Waals surface area contributed by atoms with Crippen molar-refractivity contribution in [1.29, 1.82) is 0 Å². The van der Waals surface area contributed by atoms with Crippen molar-refractivity contribution in [1.82, 2.24) is 15.1 Å². The third-order valence-electron chi connectivity index (χ3n) is 4.47. The number of amides is 1. The Kier molecular flexibility index (Phi) is 4.45. The highest BCUT2D eigenvalue weighted by Gasteiger charge is 2.40. The number of carbonyl (C=O) groups excluding carboxylic acids is 1. The molecule has 1 saturated heterocycles. The summed E-state index contributed by atoms with van der Waals surface area (Å²) in [7, 11) is 1.59. The van der Waals surface area contributed by atoms with Gasteiger partial charge in [-0.1, -0.05) is 0 Å². The number of ether oxygens (including phenoxy) is 1. The van der Waals surface area contributed by atoms with Gasteiger partial charge in [0.15, 0.2) is 5.60 Å². The first-order chi connectivity index (χ1) is 11.9. The second kappa shape index (κ2) is 6.56. The van der Waals surface area contributed by atoms with E-state index in [4.69, 9.17) is 9.84 Å². The highest BCUT2D eigenvalue weighted by Crippen LogP contribution is 2.25. The minimum absolute atomic E-state index is 0.00749. The molecule has 1 fully saturated rings. The first-order valence-corrected chi connectivity index (χ1v) is 7.88. The molecule has 1 amide bonds. The molecule has 3 N–H and O–H groups in total. The number of aliphatic carboxylic acids is 1. The van der Waals surface area contributed by atoms with Crippen molar-refractivity contribution in [3.63, 3.8) is 0 Å². The van der Waals surface area contributed by atoms with Crippen molar-refractivity contribution >= 4 is 11.9 Å². The normalized spacial score (nSPS) is 16.5. The number of hydrogen-bond donors (Lipinski definition) is 3. The lowest BCUT2D eigenvalue weighted by Crippen LogP contribution is -2.50. The lowest BCUT2D eigenvalue weighted by Gasteiger charge is -2.35. The van der Waals surface area contributed by atoms with E-state index in [9.17, 15) is 14.7 Å². The number of aromatic amines is 1. The second-order valence-electron chi connectivity index (χ2n) is 6.02. The van der Waals surface area contributed by atoms with Gasteiger partial charge in [-0.15, -0.1) is 0 Å². The van der Waals surface area contributed by atoms with E-state index in [-0.39, 0.29) is 31.8 Å². The molecule has 8 heteroatoms. The standard InChI is InChI=1S/C17H19N3O5/c1-25-12-4-2-11(3-5-12)13-10-14(19-18-13)15(21)20-8-6-17(24,7-9-20)16(22)23/h2-5,10,24H,6-9H2,1H3,(H,18,19)(H,22,23). The van der Waals surface area contributed by atoms with E-state index in [0.717, 1.165) is 11.3 Å². The number of carboxylic acids is 1. The first kappa shape index (κ1) is 17.0. The molecule has 0 bridgehead atoms. The minimum Gasteiger partial charge on any atom is -0.497 e. The van der Waals surface area contributed by atoms with E-state index >= 15 is 0 Å². The van der Waals surface area contributed by atoms with E-state index in [1.54, 1.807) is 13.2 Å². The number of benzene rings is 1. The molecule has 1 aliphatic rings. The molecule has 25 heavy (non-hydrogen) atoms. The Hall–Kier alpha value is -2.87. The first-order valence-electron chi connectivity index (χ1n) is 7.88. The topological polar surface area (TPSA) is 116 Å². The van der Waals surface area contributed by atoms with Gasteiger partial charge in [0.05, 0.1) is 12.8 Å². The highest BCUT2D eigenvalue weighted by atomic mass is 16.5. The predicted molar refractivity (Wildman–Crippen MR) is 88.3 cm³/mol. The Labute approximate surface area is 144 Å². The van der Waals surface area contributed by atoms with Gasteiger partial charge in [-0.25, -0.2) is 4.79 Å². The van der Waals surface area contributed by atoms with Crippen LogP contribution in [0.2, 0.25) is 0 Å². The van der Waals surface area contributed by atoms with E-state index < -0.39 is 11.6 Å². The maximum Gasteiger partial charge on any atom is 0.335 e. The van der Waals surface area contributed by atoms with Crippen molar-refractivity contribution in [3.05, 3.63) is 36.0 Å². The molecule has 1 aromatic carbocycles. The van der Waals surface area contributed by atoms with E-state index in [2.05, 4.69) is 10.2 Å². The summed E-state index contributed by atoms with van der Waals surface area (Å²) in [6.45, 7) is 0.358. The summed E-state index contributed by atoms with van der Waals surface area (Å²) in [5.41, 5.74) is 0.0468. The summed E-state index contributed by atoms with van der Waals surface area (Å²) in [5.74, 6) is -0.780. The quantitative estimate of drug-likeness (QED) is 0.765. The van der Waals surface area contributed by atoms with E-state index in [1.807, 2.05) is 24.3 Å². The van der Waals surface area contributed by atoms with Crippen molar-refractivity contribution in [3.8, 4) is 17.0 Å². The van der Waals surface area contributed by atoms with Crippen LogP contribution < -0.4 is 4.74 Å². The van der Waals surface area contributed by atoms with Gasteiger partial charge >= 0.3 is 5.97 Å². The van der Waals surface area contributed by atoms with Crippen LogP contribution in [-0.2, 0) is 4.79 Å². The van der Waals surface area contributed by atoms with Gasteiger partial charge in [-0.05, 0) is 30.3 Å². The van der Waals surface area contributed by atoms with Crippen LogP contribution in [0.4, 0.5) is 0 Å². The van der Waals surface area contributed by atoms with Gasteiger partial charge in [0.1, 0.15) is 11.4 Å². The van der Waals surface area contributed by atoms with Crippen LogP contribution in [0, 0.1) is 0 Å². The monoisotopic (exact) mass is 345 g/mol. The summed E-state index contributed by atoms with van der Waals surface area (Å²) >= 11 is 0. The predicted octanol–water partition coefficient (Wildman–Crippen LogP) is 1.14. The van der Waals surface area contributed by atoms with Gasteiger partial charge in [0.2, 0.25) is 0 Å². The molecule has 8 nitrogen and oxygen atoms in total. The zero-order valence-electron chi connectivity index (χ0n) is 13.7. The van der Waals surface area contributed by atoms with Crippen molar-refractivity contribution in [2.24, 2.45) is 0 Å². The van der Waals surface area contributed by atoms with Gasteiger partial charge in [0, 0.05) is 31.5 Å². The number of H-pyrrole nitrogens is 1. The molecular weight excluding hydrogens is 326 g/mol. The molecule has 1 aromatic heterocycles. The van der Waals surface area contributed by atoms with Crippen LogP contribution in [0.15, 0.2) is 30.3 Å². The number of aliphatic hydroxyl groups is 1. The lowest BCUT2D eigenvalue weighted by molar-refractivity contribution is -0.162. The molecular formula is C17H19N3O5. The third-order valence-corrected chi connectivity index (χ3v) is 4.47. The van der Waals surface area contributed by atoms with Crippen LogP contribution in [-0.4, -0.2) is 63.0 Å². The maximum absolute atomic E-state index is 12.5. The van der Waals surface area contributed by atoms with Crippen LogP contribution in [0.5, 0.6) is 5.75 Å². The molecule has 0 atom stereocenters. The minimum atomic E-state index is -1.75. The van der Waals surface area contributed by atoms with Gasteiger partial charge in [0.25, 0.3) is 5.91 Å². The Bertz CT molecular complexity index is 776. The summed E-state index contributed by atoms with van der Waals surface area (Å²) in [5, 5.41) is 25.9. The van der Waals surface area contributed by atoms with Crippen LogP contribution in [0.25, 0.3) is 11.3 Å². The van der Waals surface area contributed by atoms with E-state index in [0.29, 0.717) is 11.4 Å². The van der Waals surface area contributed by atoms with Crippen LogP contribution >= 0.6 is 0 Å². The molecule has 1 aliphatic heterocycles. The van der Waals surface area contributed by atoms with E-state index in [1.165, 1.54) is 4.90 Å². The number of hydrogen-bond acceptors (Lipinski definition) is 5. The fourth-order valence-corrected chi connectivity index (χ4v) is 2.80. The third kappa shape index (κ3) is 3.34. The molecule has 0 aliphatic carbocycles. The summed E-state index contributed by atoms with van der Waals surface area (Å²) in [4.78, 5) is 25.1. The number of carbonyl (C=O) groups is 2. The molecule has 3 rings (SSSR count). The number of rotatable bonds is 4. The van der Waals surface area contributed by atoms with Crippen LogP contribution in [0.1, 0.15) is 23.3 Å². The van der Waals surface area contributed by atoms with Gasteiger partial charge in [-0.2, -0.15) is 5.10 Å². The van der Waals surface area contributed by atoms with Crippen molar-refractivity contribution in [2.75, 3.05) is 20.2 Å². The number of aromatic nitrogens is 2. The largest absolute Gasteiger partial charge is 0.497 e. The Morgan fingerprint density at radius 1 is 1.24 bits per heavy atom. The fourth-order valence-electron chi connectivity index (χ4n) is 2.80. The molecule has 0 radical (unpaired) electrons. The average molecular weight is 345 g/mol. The summed E-state index contributed by atoms with van der Waals surface area (Å²) in [6, 6.07) is 8.96. The smallest absolute Gasteiger partial charge is 0.335 e. The molecule has 0 spiro atoms. The fraction of sp³-hybridized carbons (Fsp3) is 0.353. The number of methoxy groups -OCH3 is 1. The Morgan fingerprint density at radius 2 is 1.88 bits per heavy atom. The molecule has 2 heterocycles. The SMILES string of the molecule is COc1ccc(-c2cc(C(=O)N3CCC(O)(C(=O)O)CC3)[nH]n2)cc1. The highest BCUT2D eigenvalue weighted by molar-refractivity contribution is 5.93. The van der Waals surface area contributed by atoms with Crippen molar-refractivity contribution < 1.29 is 24.5 Å².